The number of rotatable bonds is 4. The van der Waals surface area contributed by atoms with Crippen molar-refractivity contribution in [3.63, 3.8) is 0 Å². The van der Waals surface area contributed by atoms with Crippen molar-refractivity contribution < 1.29 is 9.53 Å². The fourth-order valence-corrected chi connectivity index (χ4v) is 1.57. The Morgan fingerprint density at radius 1 is 1.50 bits per heavy atom. The third-order valence-corrected chi connectivity index (χ3v) is 2.37. The van der Waals surface area contributed by atoms with Gasteiger partial charge in [-0.15, -0.1) is 6.58 Å². The van der Waals surface area contributed by atoms with E-state index in [0.717, 1.165) is 45.0 Å². The van der Waals surface area contributed by atoms with Crippen LogP contribution in [0, 0.1) is 0 Å². The van der Waals surface area contributed by atoms with Crippen molar-refractivity contribution in [3.05, 3.63) is 12.7 Å². The van der Waals surface area contributed by atoms with Crippen molar-refractivity contribution in [2.45, 2.75) is 37.7 Å². The Morgan fingerprint density at radius 3 is 2.83 bits per heavy atom. The van der Waals surface area contributed by atoms with Crippen LogP contribution < -0.4 is 0 Å². The molecular formula is C10H16O2. The first-order valence-corrected chi connectivity index (χ1v) is 4.54. The Labute approximate surface area is 73.6 Å². The van der Waals surface area contributed by atoms with Crippen LogP contribution in [-0.4, -0.2) is 18.5 Å². The van der Waals surface area contributed by atoms with E-state index in [-0.39, 0.29) is 0 Å². The average molecular weight is 168 g/mol. The number of aldehydes is 1. The lowest BCUT2D eigenvalue weighted by Crippen LogP contribution is -2.37. The second-order valence-electron chi connectivity index (χ2n) is 3.32. The highest BCUT2D eigenvalue weighted by atomic mass is 16.5. The van der Waals surface area contributed by atoms with Crippen LogP contribution in [0.1, 0.15) is 32.1 Å². The van der Waals surface area contributed by atoms with Gasteiger partial charge in [-0.3, -0.25) is 0 Å². The minimum absolute atomic E-state index is 0.480. The van der Waals surface area contributed by atoms with Crippen molar-refractivity contribution in [1.82, 2.24) is 0 Å². The van der Waals surface area contributed by atoms with Crippen molar-refractivity contribution in [2.75, 3.05) is 6.61 Å². The van der Waals surface area contributed by atoms with Gasteiger partial charge in [0.2, 0.25) is 0 Å². The zero-order valence-electron chi connectivity index (χ0n) is 7.42. The van der Waals surface area contributed by atoms with Gasteiger partial charge in [0.15, 0.2) is 6.29 Å². The molecule has 0 aromatic heterocycles. The molecule has 0 aliphatic carbocycles. The van der Waals surface area contributed by atoms with Crippen molar-refractivity contribution in [3.8, 4) is 0 Å². The van der Waals surface area contributed by atoms with Gasteiger partial charge in [-0.05, 0) is 32.1 Å². The van der Waals surface area contributed by atoms with E-state index < -0.39 is 5.60 Å². The maximum absolute atomic E-state index is 10.8. The van der Waals surface area contributed by atoms with Gasteiger partial charge >= 0.3 is 0 Å². The minimum Gasteiger partial charge on any atom is -0.368 e. The average Bonchev–Trinajstić information content (AvgIpc) is 2.16. The van der Waals surface area contributed by atoms with Gasteiger partial charge in [-0.2, -0.15) is 0 Å². The van der Waals surface area contributed by atoms with Gasteiger partial charge in [0, 0.05) is 6.61 Å². The van der Waals surface area contributed by atoms with Crippen LogP contribution in [0.2, 0.25) is 0 Å². The molecule has 1 saturated heterocycles. The summed E-state index contributed by atoms with van der Waals surface area (Å²) in [5, 5.41) is 0. The summed E-state index contributed by atoms with van der Waals surface area (Å²) >= 11 is 0. The van der Waals surface area contributed by atoms with E-state index in [9.17, 15) is 4.79 Å². The number of hydrogen-bond acceptors (Lipinski definition) is 2. The summed E-state index contributed by atoms with van der Waals surface area (Å²) in [6.07, 6.45) is 7.53. The molecule has 2 nitrogen and oxygen atoms in total. The van der Waals surface area contributed by atoms with E-state index in [1.807, 2.05) is 6.08 Å². The Kier molecular flexibility index (Phi) is 3.48. The quantitative estimate of drug-likeness (QED) is 0.474. The van der Waals surface area contributed by atoms with Crippen molar-refractivity contribution in [1.29, 1.82) is 0 Å². The van der Waals surface area contributed by atoms with Crippen LogP contribution in [0.5, 0.6) is 0 Å². The van der Waals surface area contributed by atoms with Gasteiger partial charge in [-0.1, -0.05) is 6.08 Å². The number of ether oxygens (including phenoxy) is 1. The summed E-state index contributed by atoms with van der Waals surface area (Å²) < 4.78 is 5.50. The predicted molar refractivity (Wildman–Crippen MR) is 48.0 cm³/mol. The molecule has 0 amide bonds. The third-order valence-electron chi connectivity index (χ3n) is 2.37. The van der Waals surface area contributed by atoms with E-state index in [4.69, 9.17) is 4.74 Å². The molecule has 1 fully saturated rings. The van der Waals surface area contributed by atoms with Gasteiger partial charge in [0.05, 0.1) is 0 Å². The predicted octanol–water partition coefficient (Wildman–Crippen LogP) is 2.09. The highest BCUT2D eigenvalue weighted by Gasteiger charge is 2.31. The van der Waals surface area contributed by atoms with Gasteiger partial charge < -0.3 is 9.53 Å². The molecule has 0 N–H and O–H groups in total. The fourth-order valence-electron chi connectivity index (χ4n) is 1.57. The largest absolute Gasteiger partial charge is 0.368 e. The van der Waals surface area contributed by atoms with Crippen molar-refractivity contribution in [2.24, 2.45) is 0 Å². The zero-order chi connectivity index (χ0) is 8.86. The van der Waals surface area contributed by atoms with E-state index in [1.165, 1.54) is 0 Å². The van der Waals surface area contributed by atoms with Gasteiger partial charge in [0.25, 0.3) is 0 Å². The molecule has 68 valence electrons. The molecule has 0 saturated carbocycles. The Balaban J connectivity index is 2.47. The smallest absolute Gasteiger partial charge is 0.151 e. The van der Waals surface area contributed by atoms with Crippen LogP contribution in [0.4, 0.5) is 0 Å². The van der Waals surface area contributed by atoms with Crippen LogP contribution in [0.25, 0.3) is 0 Å². The monoisotopic (exact) mass is 168 g/mol. The lowest BCUT2D eigenvalue weighted by Gasteiger charge is -2.31. The summed E-state index contributed by atoms with van der Waals surface area (Å²) in [4.78, 5) is 10.8. The molecule has 0 radical (unpaired) electrons. The van der Waals surface area contributed by atoms with Crippen LogP contribution in [0.3, 0.4) is 0 Å². The molecule has 1 atom stereocenters. The number of carbonyl (C=O) groups is 1. The third kappa shape index (κ3) is 2.18. The molecule has 12 heavy (non-hydrogen) atoms. The molecule has 2 heteroatoms. The fraction of sp³-hybridized carbons (Fsp3) is 0.700. The number of hydrogen-bond donors (Lipinski definition) is 0. The van der Waals surface area contributed by atoms with Crippen molar-refractivity contribution >= 4 is 6.29 Å². The van der Waals surface area contributed by atoms with E-state index in [0.29, 0.717) is 0 Å². The standard InChI is InChI=1S/C10H16O2/c1-2-3-6-10(9-11)7-4-5-8-12-10/h2,9H,1,3-8H2. The molecule has 1 aliphatic rings. The van der Waals surface area contributed by atoms with E-state index in [1.54, 1.807) is 0 Å². The lowest BCUT2D eigenvalue weighted by atomic mass is 9.90. The molecule has 0 aromatic rings. The SMILES string of the molecule is C=CCCC1(C=O)CCCCO1. The maximum Gasteiger partial charge on any atom is 0.151 e. The molecule has 1 aliphatic heterocycles. The first kappa shape index (κ1) is 9.46. The Morgan fingerprint density at radius 2 is 2.33 bits per heavy atom. The molecular weight excluding hydrogens is 152 g/mol. The molecule has 1 heterocycles. The Hall–Kier alpha value is -0.630. The summed E-state index contributed by atoms with van der Waals surface area (Å²) in [6.45, 7) is 4.37. The van der Waals surface area contributed by atoms with Gasteiger partial charge in [0.1, 0.15) is 5.60 Å². The van der Waals surface area contributed by atoms with Crippen LogP contribution in [-0.2, 0) is 9.53 Å². The van der Waals surface area contributed by atoms with E-state index in [2.05, 4.69) is 6.58 Å². The molecule has 1 unspecified atom stereocenters. The highest BCUT2D eigenvalue weighted by Crippen LogP contribution is 2.27. The molecule has 0 bridgehead atoms. The maximum atomic E-state index is 10.8. The lowest BCUT2D eigenvalue weighted by molar-refractivity contribution is -0.138. The normalized spacial score (nSPS) is 29.7. The summed E-state index contributed by atoms with van der Waals surface area (Å²) in [5.74, 6) is 0. The molecule has 0 aromatic carbocycles. The molecule has 1 rings (SSSR count). The summed E-state index contributed by atoms with van der Waals surface area (Å²) in [5.41, 5.74) is -0.480. The highest BCUT2D eigenvalue weighted by molar-refractivity contribution is 5.62. The van der Waals surface area contributed by atoms with Gasteiger partial charge in [-0.25, -0.2) is 0 Å². The number of carbonyl (C=O) groups excluding carboxylic acids is 1. The van der Waals surface area contributed by atoms with Crippen LogP contribution >= 0.6 is 0 Å². The topological polar surface area (TPSA) is 26.3 Å². The molecule has 0 spiro atoms. The van der Waals surface area contributed by atoms with E-state index >= 15 is 0 Å². The first-order valence-electron chi connectivity index (χ1n) is 4.54. The second kappa shape index (κ2) is 4.41. The first-order chi connectivity index (χ1) is 5.83. The Bertz CT molecular complexity index is 157. The number of allylic oxidation sites excluding steroid dienone is 1. The second-order valence-corrected chi connectivity index (χ2v) is 3.32. The summed E-state index contributed by atoms with van der Waals surface area (Å²) in [7, 11) is 0. The van der Waals surface area contributed by atoms with Crippen LogP contribution in [0.15, 0.2) is 12.7 Å². The minimum atomic E-state index is -0.480. The summed E-state index contributed by atoms with van der Waals surface area (Å²) in [6, 6.07) is 0. The zero-order valence-corrected chi connectivity index (χ0v) is 7.42.